The number of aliphatic carboxylic acids is 1. The Morgan fingerprint density at radius 2 is 0.941 bits per heavy atom. The minimum atomic E-state index is -2.12. The fourth-order valence-corrected chi connectivity index (χ4v) is 9.26. The highest BCUT2D eigenvalue weighted by molar-refractivity contribution is 5.81. The number of rotatable bonds is 45. The van der Waals surface area contributed by atoms with Crippen LogP contribution in [-0.4, -0.2) is 139 Å². The normalized spacial score (nSPS) is 19.6. The number of carbonyl (C=O) groups is 4. The fraction of sp³-hybridized carbons (Fsp3) is 0.925. The first-order valence-electron chi connectivity index (χ1n) is 27.4. The minimum absolute atomic E-state index is 0.0473. The van der Waals surface area contributed by atoms with Crippen molar-refractivity contribution in [1.29, 1.82) is 0 Å². The number of hydrogen-bond acceptors (Lipinski definition) is 12. The van der Waals surface area contributed by atoms with Crippen LogP contribution in [0.15, 0.2) is 0 Å². The summed E-state index contributed by atoms with van der Waals surface area (Å²) in [7, 11) is 0. The third-order valence-electron chi connectivity index (χ3n) is 13.4. The van der Waals surface area contributed by atoms with Gasteiger partial charge >= 0.3 is 11.9 Å². The van der Waals surface area contributed by atoms with E-state index < -0.39 is 98.7 Å². The first-order valence-corrected chi connectivity index (χ1v) is 27.4. The molecule has 1 saturated heterocycles. The number of nitrogens with zero attached hydrogens (tertiary/aromatic N) is 2. The summed E-state index contributed by atoms with van der Waals surface area (Å²) in [5, 5.41) is 77.5. The number of unbranched alkanes of at least 4 members (excludes halogenated alkanes) is 24. The van der Waals surface area contributed by atoms with E-state index in [1.165, 1.54) is 89.9 Å². The predicted octanol–water partition coefficient (Wildman–Crippen LogP) is 7.85. The number of aliphatic hydroxyl groups is 5. The van der Waals surface area contributed by atoms with Crippen molar-refractivity contribution < 1.29 is 64.4 Å². The molecule has 0 bridgehead atoms. The molecule has 0 aliphatic carbocycles. The maximum atomic E-state index is 14.2. The number of ether oxygens (including phenoxy) is 2. The average molecular weight is 972 g/mol. The SMILES string of the molecule is CCCCCCCCCCC[C@@H](O)CC(=O)O[C@H]1[C@H](O)[C@@H](CO)O[C@@H]([O-])[C@@H]1N(CCCN(CC(=O)O)C(=O)C[C@H](O)CCCCCCCCCCC)C(=O)C[C@H](O)CCCCCCCCCCC. The Bertz CT molecular complexity index is 1280. The monoisotopic (exact) mass is 972 g/mol. The van der Waals surface area contributed by atoms with E-state index in [0.29, 0.717) is 32.1 Å². The molecule has 1 aliphatic heterocycles. The number of carbonyl (C=O) groups excluding carboxylic acids is 3. The van der Waals surface area contributed by atoms with Crippen LogP contribution in [0.25, 0.3) is 0 Å². The van der Waals surface area contributed by atoms with Gasteiger partial charge in [-0.3, -0.25) is 19.2 Å². The van der Waals surface area contributed by atoms with E-state index >= 15 is 0 Å². The molecule has 0 unspecified atom stereocenters. The van der Waals surface area contributed by atoms with Crippen LogP contribution in [0.2, 0.25) is 0 Å². The lowest BCUT2D eigenvalue weighted by atomic mass is 9.94. The zero-order chi connectivity index (χ0) is 50.4. The number of carboxylic acids is 1. The summed E-state index contributed by atoms with van der Waals surface area (Å²) in [6, 6.07) is -1.64. The second-order valence-electron chi connectivity index (χ2n) is 19.7. The maximum Gasteiger partial charge on any atom is 0.323 e. The Labute approximate surface area is 411 Å². The third kappa shape index (κ3) is 30.4. The van der Waals surface area contributed by atoms with Crippen LogP contribution in [-0.2, 0) is 28.7 Å². The molecule has 8 atom stereocenters. The summed E-state index contributed by atoms with van der Waals surface area (Å²) < 4.78 is 11.2. The second kappa shape index (κ2) is 41.2. The summed E-state index contributed by atoms with van der Waals surface area (Å²) >= 11 is 0. The van der Waals surface area contributed by atoms with Crippen molar-refractivity contribution in [2.24, 2.45) is 0 Å². The van der Waals surface area contributed by atoms with Gasteiger partial charge < -0.3 is 55.0 Å². The molecule has 0 aromatic carbocycles. The van der Waals surface area contributed by atoms with Gasteiger partial charge in [0.15, 0.2) is 6.10 Å². The summed E-state index contributed by atoms with van der Waals surface area (Å²) in [5.74, 6) is -3.46. The fourth-order valence-electron chi connectivity index (χ4n) is 9.26. The van der Waals surface area contributed by atoms with Crippen molar-refractivity contribution in [1.82, 2.24) is 9.80 Å². The molecule has 1 heterocycles. The highest BCUT2D eigenvalue weighted by atomic mass is 16.6. The molecule has 2 amide bonds. The first-order chi connectivity index (χ1) is 32.8. The van der Waals surface area contributed by atoms with Gasteiger partial charge in [-0.1, -0.05) is 194 Å². The van der Waals surface area contributed by atoms with Crippen molar-refractivity contribution >= 4 is 23.8 Å². The Morgan fingerprint density at radius 3 is 1.34 bits per heavy atom. The van der Waals surface area contributed by atoms with Gasteiger partial charge in [0.2, 0.25) is 11.8 Å². The van der Waals surface area contributed by atoms with Crippen molar-refractivity contribution in [2.75, 3.05) is 26.2 Å². The molecule has 1 rings (SSSR count). The number of amides is 2. The maximum absolute atomic E-state index is 14.2. The molecule has 400 valence electrons. The summed E-state index contributed by atoms with van der Waals surface area (Å²) in [6.07, 6.45) is 19.1. The summed E-state index contributed by atoms with van der Waals surface area (Å²) in [4.78, 5) is 55.0. The van der Waals surface area contributed by atoms with Crippen LogP contribution in [0.5, 0.6) is 0 Å². The van der Waals surface area contributed by atoms with Crippen LogP contribution in [0.3, 0.4) is 0 Å². The third-order valence-corrected chi connectivity index (χ3v) is 13.4. The van der Waals surface area contributed by atoms with Gasteiger partial charge in [-0.15, -0.1) is 0 Å². The molecule has 0 saturated carbocycles. The molecule has 0 aromatic heterocycles. The van der Waals surface area contributed by atoms with Crippen LogP contribution in [0.4, 0.5) is 0 Å². The zero-order valence-electron chi connectivity index (χ0n) is 42.9. The van der Waals surface area contributed by atoms with Crippen molar-refractivity contribution in [3.8, 4) is 0 Å². The number of aliphatic hydroxyl groups excluding tert-OH is 5. The predicted molar refractivity (Wildman–Crippen MR) is 263 cm³/mol. The van der Waals surface area contributed by atoms with E-state index in [4.69, 9.17) is 9.47 Å². The first kappa shape index (κ1) is 63.6. The topological polar surface area (TPSA) is 238 Å². The summed E-state index contributed by atoms with van der Waals surface area (Å²) in [6.45, 7) is 4.66. The molecule has 0 radical (unpaired) electrons. The van der Waals surface area contributed by atoms with Crippen LogP contribution in [0.1, 0.15) is 239 Å². The Balaban J connectivity index is 3.10. The van der Waals surface area contributed by atoms with Crippen molar-refractivity contribution in [3.05, 3.63) is 0 Å². The Hall–Kier alpha value is -2.40. The van der Waals surface area contributed by atoms with Gasteiger partial charge in [-0.05, 0) is 25.7 Å². The average Bonchev–Trinajstić information content (AvgIpc) is 3.29. The quantitative estimate of drug-likeness (QED) is 0.0252. The molecular weight excluding hydrogens is 873 g/mol. The lowest BCUT2D eigenvalue weighted by Crippen LogP contribution is -2.69. The van der Waals surface area contributed by atoms with E-state index in [9.17, 15) is 54.9 Å². The van der Waals surface area contributed by atoms with Gasteiger partial charge in [0.05, 0.1) is 50.2 Å². The van der Waals surface area contributed by atoms with Crippen LogP contribution in [0, 0.1) is 0 Å². The lowest BCUT2D eigenvalue weighted by molar-refractivity contribution is -0.525. The highest BCUT2D eigenvalue weighted by Crippen LogP contribution is 2.28. The number of hydrogen-bond donors (Lipinski definition) is 6. The smallest absolute Gasteiger partial charge is 0.323 e. The minimum Gasteiger partial charge on any atom is -0.829 e. The molecule has 0 spiro atoms. The van der Waals surface area contributed by atoms with Gasteiger partial charge in [0.1, 0.15) is 18.8 Å². The highest BCUT2D eigenvalue weighted by Gasteiger charge is 2.47. The van der Waals surface area contributed by atoms with Crippen molar-refractivity contribution in [2.45, 2.75) is 288 Å². The van der Waals surface area contributed by atoms with Gasteiger partial charge in [0, 0.05) is 19.4 Å². The molecule has 0 aromatic rings. The standard InChI is InChI=1S/C53H99N2O13/c1-4-7-10-13-16-19-22-25-28-32-42(57)37-46(60)54(40-48(62)63)35-31-36-55(47(61)38-43(58)33-29-26-23-20-17-14-11-8-5-2)50-52(51(65)45(41-56)67-53(50)66)68-49(64)39-44(59)34-30-27-24-21-18-15-12-9-6-3/h42-45,50-53,56-59,65H,4-41H2,1-3H3,(H,62,63)/q-1/t42-,43-,44-,45-,50-,51-,52-,53-/m1/s1. The van der Waals surface area contributed by atoms with E-state index in [1.807, 2.05) is 0 Å². The second-order valence-corrected chi connectivity index (χ2v) is 19.7. The van der Waals surface area contributed by atoms with Gasteiger partial charge in [-0.25, -0.2) is 0 Å². The molecule has 68 heavy (non-hydrogen) atoms. The molecule has 15 heteroatoms. The molecule has 1 fully saturated rings. The molecule has 6 N–H and O–H groups in total. The Morgan fingerprint density at radius 1 is 0.559 bits per heavy atom. The van der Waals surface area contributed by atoms with E-state index in [2.05, 4.69) is 20.8 Å². The number of carboxylic acid groups (broad SMARTS) is 1. The molecular formula is C53H99N2O13-. The largest absolute Gasteiger partial charge is 0.829 e. The van der Waals surface area contributed by atoms with E-state index in [0.717, 1.165) is 80.4 Å². The van der Waals surface area contributed by atoms with Gasteiger partial charge in [-0.2, -0.15) is 0 Å². The molecule has 15 nitrogen and oxygen atoms in total. The van der Waals surface area contributed by atoms with E-state index in [1.54, 1.807) is 0 Å². The Kier molecular flexibility index (Phi) is 38.6. The van der Waals surface area contributed by atoms with Gasteiger partial charge in [0.25, 0.3) is 0 Å². The van der Waals surface area contributed by atoms with Crippen LogP contribution < -0.4 is 5.11 Å². The summed E-state index contributed by atoms with van der Waals surface area (Å²) in [5.41, 5.74) is 0. The van der Waals surface area contributed by atoms with E-state index in [-0.39, 0.29) is 25.9 Å². The molecule has 1 aliphatic rings. The van der Waals surface area contributed by atoms with Crippen LogP contribution >= 0.6 is 0 Å². The van der Waals surface area contributed by atoms with Crippen molar-refractivity contribution in [3.63, 3.8) is 0 Å². The lowest BCUT2D eigenvalue weighted by Gasteiger charge is -2.51. The zero-order valence-corrected chi connectivity index (χ0v) is 42.9. The number of esters is 1.